The van der Waals surface area contributed by atoms with E-state index in [4.69, 9.17) is 16.8 Å². The maximum absolute atomic E-state index is 8.86. The lowest BCUT2D eigenvalue weighted by atomic mass is 10.2. The number of aliphatic hydroxyl groups excluding tert-OH is 1. The van der Waals surface area contributed by atoms with Crippen molar-refractivity contribution >= 4 is 12.0 Å². The Labute approximate surface area is 76.2 Å². The molecule has 0 amide bonds. The number of benzene rings is 1. The van der Waals surface area contributed by atoms with Gasteiger partial charge in [0.2, 0.25) is 0 Å². The zero-order valence-electron chi connectivity index (χ0n) is 7.09. The average molecular weight is 180 g/mol. The molecule has 0 radical (unpaired) electrons. The van der Waals surface area contributed by atoms with Crippen LogP contribution in [0.15, 0.2) is 29.4 Å². The largest absolute Gasteiger partial charge is 0.392 e. The summed E-state index contributed by atoms with van der Waals surface area (Å²) in [7, 11) is 0. The minimum absolute atomic E-state index is 0.0125. The second-order valence-corrected chi connectivity index (χ2v) is 2.50. The minimum Gasteiger partial charge on any atom is -0.392 e. The molecule has 0 fully saturated rings. The fraction of sp³-hybridized carbons (Fsp3) is 0.125. The van der Waals surface area contributed by atoms with Gasteiger partial charge in [-0.05, 0) is 17.7 Å². The number of anilines is 1. The third kappa shape index (κ3) is 2.43. The Morgan fingerprint density at radius 1 is 1.54 bits per heavy atom. The molecule has 0 spiro atoms. The van der Waals surface area contributed by atoms with Gasteiger partial charge in [0.05, 0.1) is 12.3 Å². The fourth-order valence-corrected chi connectivity index (χ4v) is 0.954. The molecule has 0 aliphatic heterocycles. The van der Waals surface area contributed by atoms with E-state index in [2.05, 4.69) is 5.10 Å². The number of rotatable bonds is 3. The van der Waals surface area contributed by atoms with Gasteiger partial charge in [-0.3, -0.25) is 5.01 Å². The van der Waals surface area contributed by atoms with E-state index in [0.717, 1.165) is 11.3 Å². The Morgan fingerprint density at radius 2 is 2.31 bits per heavy atom. The molecule has 13 heavy (non-hydrogen) atoms. The minimum atomic E-state index is -0.0125. The maximum atomic E-state index is 8.86. The van der Waals surface area contributed by atoms with Gasteiger partial charge in [-0.15, -0.1) is 0 Å². The molecule has 0 aliphatic carbocycles. The monoisotopic (exact) mass is 180 g/mol. The SMILES string of the molecule is N/N=C\N(N)c1cccc(CO)c1. The summed E-state index contributed by atoms with van der Waals surface area (Å²) in [4.78, 5) is 0. The van der Waals surface area contributed by atoms with E-state index in [1.165, 1.54) is 11.3 Å². The van der Waals surface area contributed by atoms with Crippen LogP contribution in [0.25, 0.3) is 0 Å². The van der Waals surface area contributed by atoms with Crippen LogP contribution in [0, 0.1) is 0 Å². The van der Waals surface area contributed by atoms with Crippen molar-refractivity contribution in [1.82, 2.24) is 0 Å². The Morgan fingerprint density at radius 3 is 2.92 bits per heavy atom. The molecule has 0 aromatic heterocycles. The van der Waals surface area contributed by atoms with Gasteiger partial charge in [-0.1, -0.05) is 12.1 Å². The van der Waals surface area contributed by atoms with Crippen molar-refractivity contribution in [2.24, 2.45) is 16.8 Å². The first-order chi connectivity index (χ1) is 6.27. The predicted molar refractivity (Wildman–Crippen MR) is 51.7 cm³/mol. The first-order valence-electron chi connectivity index (χ1n) is 3.75. The van der Waals surface area contributed by atoms with Gasteiger partial charge in [-0.2, -0.15) is 5.10 Å². The van der Waals surface area contributed by atoms with Crippen molar-refractivity contribution in [3.05, 3.63) is 29.8 Å². The predicted octanol–water partition coefficient (Wildman–Crippen LogP) is -0.239. The van der Waals surface area contributed by atoms with Crippen LogP contribution in [0.2, 0.25) is 0 Å². The van der Waals surface area contributed by atoms with E-state index < -0.39 is 0 Å². The Bertz CT molecular complexity index is 300. The second-order valence-electron chi connectivity index (χ2n) is 2.50. The first kappa shape index (κ1) is 9.50. The van der Waals surface area contributed by atoms with Gasteiger partial charge in [0.15, 0.2) is 0 Å². The average Bonchev–Trinajstić information content (AvgIpc) is 2.18. The number of aliphatic hydroxyl groups is 1. The highest BCUT2D eigenvalue weighted by Crippen LogP contribution is 2.12. The highest BCUT2D eigenvalue weighted by atomic mass is 16.3. The van der Waals surface area contributed by atoms with Gasteiger partial charge in [0.25, 0.3) is 0 Å². The van der Waals surface area contributed by atoms with E-state index in [-0.39, 0.29) is 6.61 Å². The molecule has 0 bridgehead atoms. The van der Waals surface area contributed by atoms with Crippen LogP contribution in [-0.4, -0.2) is 11.4 Å². The van der Waals surface area contributed by atoms with Gasteiger partial charge in [0.1, 0.15) is 6.34 Å². The van der Waals surface area contributed by atoms with Crippen LogP contribution in [0.4, 0.5) is 5.69 Å². The standard InChI is InChI=1S/C8H12N4O/c9-11-6-12(10)8-3-1-2-7(4-8)5-13/h1-4,6,13H,5,9-10H2/b11-6-. The van der Waals surface area contributed by atoms with Crippen LogP contribution >= 0.6 is 0 Å². The molecule has 0 saturated carbocycles. The number of hydrazine groups is 1. The number of nitrogens with two attached hydrogens (primary N) is 2. The van der Waals surface area contributed by atoms with E-state index in [1.807, 2.05) is 0 Å². The molecule has 70 valence electrons. The van der Waals surface area contributed by atoms with Crippen molar-refractivity contribution in [3.63, 3.8) is 0 Å². The summed E-state index contributed by atoms with van der Waals surface area (Å²) in [5.74, 6) is 10.5. The normalized spacial score (nSPS) is 10.6. The van der Waals surface area contributed by atoms with Crippen LogP contribution in [0.3, 0.4) is 0 Å². The van der Waals surface area contributed by atoms with Crippen LogP contribution in [0.5, 0.6) is 0 Å². The number of hydrogen-bond donors (Lipinski definition) is 3. The van der Waals surface area contributed by atoms with Crippen molar-refractivity contribution in [1.29, 1.82) is 0 Å². The molecule has 0 saturated heterocycles. The van der Waals surface area contributed by atoms with Crippen LogP contribution in [-0.2, 0) is 6.61 Å². The molecule has 5 nitrogen and oxygen atoms in total. The molecule has 0 heterocycles. The van der Waals surface area contributed by atoms with Crippen molar-refractivity contribution in [3.8, 4) is 0 Å². The fourth-order valence-electron chi connectivity index (χ4n) is 0.954. The van der Waals surface area contributed by atoms with E-state index in [0.29, 0.717) is 0 Å². The summed E-state index contributed by atoms with van der Waals surface area (Å²) in [5, 5.41) is 13.4. The van der Waals surface area contributed by atoms with Gasteiger partial charge < -0.3 is 10.9 Å². The summed E-state index contributed by atoms with van der Waals surface area (Å²) in [5.41, 5.74) is 1.51. The Kier molecular flexibility index (Phi) is 3.24. The zero-order valence-corrected chi connectivity index (χ0v) is 7.09. The molecule has 0 atom stereocenters. The van der Waals surface area contributed by atoms with E-state index >= 15 is 0 Å². The topological polar surface area (TPSA) is 87.9 Å². The maximum Gasteiger partial charge on any atom is 0.129 e. The van der Waals surface area contributed by atoms with Crippen molar-refractivity contribution in [2.45, 2.75) is 6.61 Å². The molecule has 1 rings (SSSR count). The summed E-state index contributed by atoms with van der Waals surface area (Å²) in [6, 6.07) is 7.14. The third-order valence-corrected chi connectivity index (χ3v) is 1.58. The zero-order chi connectivity index (χ0) is 9.68. The molecule has 0 unspecified atom stereocenters. The lowest BCUT2D eigenvalue weighted by molar-refractivity contribution is 0.282. The van der Waals surface area contributed by atoms with Crippen molar-refractivity contribution < 1.29 is 5.11 Å². The molecule has 1 aromatic carbocycles. The quantitative estimate of drug-likeness (QED) is 0.259. The molecule has 5 heteroatoms. The lowest BCUT2D eigenvalue weighted by Gasteiger charge is -2.12. The molecular weight excluding hydrogens is 168 g/mol. The number of hydrogen-bond acceptors (Lipinski definition) is 4. The lowest BCUT2D eigenvalue weighted by Crippen LogP contribution is -2.29. The van der Waals surface area contributed by atoms with Gasteiger partial charge in [-0.25, -0.2) is 5.84 Å². The summed E-state index contributed by atoms with van der Waals surface area (Å²) in [6.45, 7) is -0.0125. The second kappa shape index (κ2) is 4.44. The molecular formula is C8H12N4O. The summed E-state index contributed by atoms with van der Waals surface area (Å²) >= 11 is 0. The van der Waals surface area contributed by atoms with Crippen LogP contribution in [0.1, 0.15) is 5.56 Å². The Balaban J connectivity index is 2.87. The highest BCUT2D eigenvalue weighted by molar-refractivity contribution is 5.77. The molecule has 1 aromatic rings. The van der Waals surface area contributed by atoms with Crippen molar-refractivity contribution in [2.75, 3.05) is 5.01 Å². The van der Waals surface area contributed by atoms with E-state index in [9.17, 15) is 0 Å². The highest BCUT2D eigenvalue weighted by Gasteiger charge is 1.98. The summed E-state index contributed by atoms with van der Waals surface area (Å²) in [6.07, 6.45) is 1.29. The Hall–Kier alpha value is -1.59. The first-order valence-corrected chi connectivity index (χ1v) is 3.75. The molecule has 5 N–H and O–H groups in total. The summed E-state index contributed by atoms with van der Waals surface area (Å²) < 4.78 is 0. The number of nitrogens with zero attached hydrogens (tertiary/aromatic N) is 2. The van der Waals surface area contributed by atoms with Gasteiger partial charge in [0, 0.05) is 0 Å². The number of hydrazone groups is 1. The van der Waals surface area contributed by atoms with Crippen LogP contribution < -0.4 is 16.7 Å². The van der Waals surface area contributed by atoms with Gasteiger partial charge >= 0.3 is 0 Å². The smallest absolute Gasteiger partial charge is 0.129 e. The molecule has 0 aliphatic rings. The third-order valence-electron chi connectivity index (χ3n) is 1.58. The van der Waals surface area contributed by atoms with E-state index in [1.54, 1.807) is 24.3 Å².